The molecule has 2 aromatic rings. The molecule has 1 atom stereocenters. The molecule has 2 aromatic carbocycles. The van der Waals surface area contributed by atoms with Gasteiger partial charge in [0.05, 0.1) is 6.04 Å². The van der Waals surface area contributed by atoms with Gasteiger partial charge in [-0.15, -0.1) is 0 Å². The van der Waals surface area contributed by atoms with Crippen LogP contribution in [0, 0.1) is 0 Å². The zero-order chi connectivity index (χ0) is 15.2. The Hall–Kier alpha value is -2.29. The predicted molar refractivity (Wildman–Crippen MR) is 85.7 cm³/mol. The van der Waals surface area contributed by atoms with Gasteiger partial charge in [0.2, 0.25) is 0 Å². The van der Waals surface area contributed by atoms with Gasteiger partial charge in [0.15, 0.2) is 0 Å². The van der Waals surface area contributed by atoms with Gasteiger partial charge in [0.1, 0.15) is 6.54 Å². The van der Waals surface area contributed by atoms with E-state index in [1.807, 2.05) is 42.2 Å². The van der Waals surface area contributed by atoms with Crippen LogP contribution >= 0.6 is 0 Å². The van der Waals surface area contributed by atoms with Gasteiger partial charge in [-0.3, -0.25) is 4.79 Å². The van der Waals surface area contributed by atoms with Crippen LogP contribution in [0.25, 0.3) is 0 Å². The smallest absolute Gasteiger partial charge is 0.323 e. The highest BCUT2D eigenvalue weighted by molar-refractivity contribution is 5.74. The standard InChI is InChI=1S/C18H21NO2/c1-3-15-9-11-16(12-10-15)14(2)19(13-18(20)21)17-7-5-4-6-8-17/h4-12,14H,3,13H2,1-2H3,(H,20,21). The summed E-state index contributed by atoms with van der Waals surface area (Å²) in [7, 11) is 0. The maximum Gasteiger partial charge on any atom is 0.323 e. The summed E-state index contributed by atoms with van der Waals surface area (Å²) in [6.45, 7) is 4.15. The predicted octanol–water partition coefficient (Wildman–Crippen LogP) is 3.90. The Morgan fingerprint density at radius 1 is 1.10 bits per heavy atom. The van der Waals surface area contributed by atoms with Crippen LogP contribution in [0.2, 0.25) is 0 Å². The second kappa shape index (κ2) is 6.93. The molecule has 0 aromatic heterocycles. The Balaban J connectivity index is 2.28. The molecule has 0 aliphatic rings. The molecular weight excluding hydrogens is 262 g/mol. The third-order valence-electron chi connectivity index (χ3n) is 3.73. The number of hydrogen-bond donors (Lipinski definition) is 1. The maximum atomic E-state index is 11.2. The van der Waals surface area contributed by atoms with Crippen molar-refractivity contribution in [1.82, 2.24) is 0 Å². The SMILES string of the molecule is CCc1ccc(C(C)N(CC(=O)O)c2ccccc2)cc1. The average Bonchev–Trinajstić information content (AvgIpc) is 2.53. The number of carboxylic acids is 1. The lowest BCUT2D eigenvalue weighted by Crippen LogP contribution is -2.32. The number of aliphatic carboxylic acids is 1. The van der Waals surface area contributed by atoms with E-state index in [1.54, 1.807) is 0 Å². The fraction of sp³-hybridized carbons (Fsp3) is 0.278. The summed E-state index contributed by atoms with van der Waals surface area (Å²) in [5.41, 5.74) is 3.33. The molecule has 3 nitrogen and oxygen atoms in total. The zero-order valence-electron chi connectivity index (χ0n) is 12.5. The molecule has 3 heteroatoms. The topological polar surface area (TPSA) is 40.5 Å². The summed E-state index contributed by atoms with van der Waals surface area (Å²) in [4.78, 5) is 13.1. The largest absolute Gasteiger partial charge is 0.480 e. The molecule has 0 heterocycles. The first kappa shape index (κ1) is 15.1. The number of benzene rings is 2. The van der Waals surface area contributed by atoms with Gasteiger partial charge in [0.25, 0.3) is 0 Å². The Bertz CT molecular complexity index is 578. The fourth-order valence-electron chi connectivity index (χ4n) is 2.43. The van der Waals surface area contributed by atoms with Crippen LogP contribution in [0.15, 0.2) is 54.6 Å². The Morgan fingerprint density at radius 3 is 2.24 bits per heavy atom. The number of nitrogens with zero attached hydrogens (tertiary/aromatic N) is 1. The highest BCUT2D eigenvalue weighted by Crippen LogP contribution is 2.26. The van der Waals surface area contributed by atoms with Crippen molar-refractivity contribution in [1.29, 1.82) is 0 Å². The number of carbonyl (C=O) groups is 1. The quantitative estimate of drug-likeness (QED) is 0.874. The van der Waals surface area contributed by atoms with Gasteiger partial charge in [-0.2, -0.15) is 0 Å². The summed E-state index contributed by atoms with van der Waals surface area (Å²) in [6, 6.07) is 18.1. The van der Waals surface area contributed by atoms with Crippen molar-refractivity contribution in [2.45, 2.75) is 26.3 Å². The van der Waals surface area contributed by atoms with E-state index >= 15 is 0 Å². The van der Waals surface area contributed by atoms with Crippen LogP contribution < -0.4 is 4.90 Å². The molecule has 110 valence electrons. The van der Waals surface area contributed by atoms with E-state index in [0.717, 1.165) is 17.7 Å². The summed E-state index contributed by atoms with van der Waals surface area (Å²) in [6.07, 6.45) is 1.01. The van der Waals surface area contributed by atoms with E-state index in [0.29, 0.717) is 0 Å². The van der Waals surface area contributed by atoms with Crippen molar-refractivity contribution in [3.8, 4) is 0 Å². The number of hydrogen-bond acceptors (Lipinski definition) is 2. The third kappa shape index (κ3) is 3.85. The van der Waals surface area contributed by atoms with Crippen molar-refractivity contribution in [3.63, 3.8) is 0 Å². The number of aryl methyl sites for hydroxylation is 1. The Labute approximate surface area is 125 Å². The minimum Gasteiger partial charge on any atom is -0.480 e. The minimum absolute atomic E-state index is 0.00871. The van der Waals surface area contributed by atoms with Gasteiger partial charge < -0.3 is 10.0 Å². The molecule has 0 amide bonds. The van der Waals surface area contributed by atoms with Gasteiger partial charge >= 0.3 is 5.97 Å². The van der Waals surface area contributed by atoms with Crippen molar-refractivity contribution < 1.29 is 9.90 Å². The molecule has 0 aliphatic heterocycles. The van der Waals surface area contributed by atoms with E-state index < -0.39 is 5.97 Å². The normalized spacial score (nSPS) is 11.9. The highest BCUT2D eigenvalue weighted by atomic mass is 16.4. The molecule has 1 N–H and O–H groups in total. The van der Waals surface area contributed by atoms with Crippen molar-refractivity contribution >= 4 is 11.7 Å². The molecule has 0 aliphatic carbocycles. The molecule has 1 unspecified atom stereocenters. The number of anilines is 1. The average molecular weight is 283 g/mol. The summed E-state index contributed by atoms with van der Waals surface area (Å²) < 4.78 is 0. The molecular formula is C18H21NO2. The van der Waals surface area contributed by atoms with E-state index in [4.69, 9.17) is 0 Å². The van der Waals surface area contributed by atoms with Crippen LogP contribution in [0.3, 0.4) is 0 Å². The van der Waals surface area contributed by atoms with Crippen LogP contribution in [-0.4, -0.2) is 17.6 Å². The summed E-state index contributed by atoms with van der Waals surface area (Å²) >= 11 is 0. The minimum atomic E-state index is -0.823. The molecule has 0 saturated heterocycles. The lowest BCUT2D eigenvalue weighted by molar-refractivity contribution is -0.135. The molecule has 0 fully saturated rings. The molecule has 0 saturated carbocycles. The molecule has 21 heavy (non-hydrogen) atoms. The highest BCUT2D eigenvalue weighted by Gasteiger charge is 2.18. The zero-order valence-corrected chi connectivity index (χ0v) is 12.5. The van der Waals surface area contributed by atoms with Crippen molar-refractivity contribution in [2.24, 2.45) is 0 Å². The van der Waals surface area contributed by atoms with Gasteiger partial charge in [-0.25, -0.2) is 0 Å². The van der Waals surface area contributed by atoms with Crippen LogP contribution in [0.1, 0.15) is 31.0 Å². The molecule has 0 radical (unpaired) electrons. The first-order valence-corrected chi connectivity index (χ1v) is 7.24. The maximum absolute atomic E-state index is 11.2. The third-order valence-corrected chi connectivity index (χ3v) is 3.73. The van der Waals surface area contributed by atoms with E-state index in [9.17, 15) is 9.90 Å². The summed E-state index contributed by atoms with van der Waals surface area (Å²) in [5, 5.41) is 9.18. The molecule has 0 spiro atoms. The second-order valence-electron chi connectivity index (χ2n) is 5.13. The van der Waals surface area contributed by atoms with Gasteiger partial charge in [0, 0.05) is 5.69 Å². The van der Waals surface area contributed by atoms with Gasteiger partial charge in [-0.05, 0) is 36.6 Å². The van der Waals surface area contributed by atoms with E-state index in [1.165, 1.54) is 5.56 Å². The molecule has 2 rings (SSSR count). The van der Waals surface area contributed by atoms with E-state index in [2.05, 4.69) is 31.2 Å². The Morgan fingerprint density at radius 2 is 1.71 bits per heavy atom. The lowest BCUT2D eigenvalue weighted by Gasteiger charge is -2.30. The van der Waals surface area contributed by atoms with Crippen LogP contribution in [-0.2, 0) is 11.2 Å². The van der Waals surface area contributed by atoms with Crippen LogP contribution in [0.5, 0.6) is 0 Å². The number of carboxylic acid groups (broad SMARTS) is 1. The first-order chi connectivity index (χ1) is 10.1. The fourth-order valence-corrected chi connectivity index (χ4v) is 2.43. The lowest BCUT2D eigenvalue weighted by atomic mass is 10.0. The second-order valence-corrected chi connectivity index (χ2v) is 5.13. The summed E-state index contributed by atoms with van der Waals surface area (Å²) in [5.74, 6) is -0.823. The van der Waals surface area contributed by atoms with Crippen molar-refractivity contribution in [2.75, 3.05) is 11.4 Å². The number of rotatable bonds is 6. The number of para-hydroxylation sites is 1. The first-order valence-electron chi connectivity index (χ1n) is 7.24. The Kier molecular flexibility index (Phi) is 4.99. The molecule has 0 bridgehead atoms. The van der Waals surface area contributed by atoms with E-state index in [-0.39, 0.29) is 12.6 Å². The van der Waals surface area contributed by atoms with Crippen molar-refractivity contribution in [3.05, 3.63) is 65.7 Å². The van der Waals surface area contributed by atoms with Crippen LogP contribution in [0.4, 0.5) is 5.69 Å². The monoisotopic (exact) mass is 283 g/mol. The van der Waals surface area contributed by atoms with Gasteiger partial charge in [-0.1, -0.05) is 49.4 Å².